The van der Waals surface area contributed by atoms with E-state index in [0.29, 0.717) is 18.0 Å². The number of rotatable bonds is 5. The van der Waals surface area contributed by atoms with Gasteiger partial charge in [0, 0.05) is 11.6 Å². The van der Waals surface area contributed by atoms with Gasteiger partial charge in [0.25, 0.3) is 0 Å². The van der Waals surface area contributed by atoms with E-state index >= 15 is 0 Å². The molecule has 0 heterocycles. The molecule has 1 atom stereocenters. The van der Waals surface area contributed by atoms with E-state index in [1.54, 1.807) is 6.07 Å². The van der Waals surface area contributed by atoms with E-state index in [1.165, 1.54) is 0 Å². The maximum Gasteiger partial charge on any atom is 0.237 e. The highest BCUT2D eigenvalue weighted by Crippen LogP contribution is 2.10. The number of nitrogens with one attached hydrogen (secondary N) is 1. The lowest BCUT2D eigenvalue weighted by Gasteiger charge is -2.12. The Kier molecular flexibility index (Phi) is 5.16. The zero-order valence-corrected chi connectivity index (χ0v) is 11.8. The lowest BCUT2D eigenvalue weighted by atomic mass is 10.1. The van der Waals surface area contributed by atoms with Gasteiger partial charge in [0.1, 0.15) is 0 Å². The van der Waals surface area contributed by atoms with Crippen molar-refractivity contribution in [1.29, 1.82) is 0 Å². The van der Waals surface area contributed by atoms with Crippen LogP contribution in [-0.4, -0.2) is 11.9 Å². The highest BCUT2D eigenvalue weighted by Gasteiger charge is 2.13. The summed E-state index contributed by atoms with van der Waals surface area (Å²) in [5.41, 5.74) is 7.92. The first-order valence-electron chi connectivity index (χ1n) is 6.47. The summed E-state index contributed by atoms with van der Waals surface area (Å²) in [4.78, 5) is 11.9. The zero-order chi connectivity index (χ0) is 14.4. The van der Waals surface area contributed by atoms with Crippen molar-refractivity contribution in [3.05, 3.63) is 70.7 Å². The van der Waals surface area contributed by atoms with Crippen LogP contribution in [0.15, 0.2) is 54.6 Å². The summed E-state index contributed by atoms with van der Waals surface area (Å²) in [5.74, 6) is -0.158. The van der Waals surface area contributed by atoms with Gasteiger partial charge in [0.05, 0.1) is 6.04 Å². The SMILES string of the molecule is N[C@H](Cc1ccccc1)C(=O)NCc1cccc(Cl)c1. The van der Waals surface area contributed by atoms with Gasteiger partial charge < -0.3 is 11.1 Å². The summed E-state index contributed by atoms with van der Waals surface area (Å²) in [5, 5.41) is 3.48. The molecular weight excluding hydrogens is 272 g/mol. The number of amides is 1. The average Bonchev–Trinajstić information content (AvgIpc) is 2.46. The minimum Gasteiger partial charge on any atom is -0.351 e. The van der Waals surface area contributed by atoms with Crippen molar-refractivity contribution < 1.29 is 4.79 Å². The molecule has 2 aromatic carbocycles. The predicted molar refractivity (Wildman–Crippen MR) is 81.4 cm³/mol. The fourth-order valence-electron chi connectivity index (χ4n) is 1.93. The Morgan fingerprint density at radius 3 is 2.50 bits per heavy atom. The van der Waals surface area contributed by atoms with E-state index in [1.807, 2.05) is 48.5 Å². The third-order valence-electron chi connectivity index (χ3n) is 2.99. The summed E-state index contributed by atoms with van der Waals surface area (Å²) < 4.78 is 0. The molecule has 4 heteroatoms. The van der Waals surface area contributed by atoms with E-state index in [2.05, 4.69) is 5.32 Å². The number of carbonyl (C=O) groups excluding carboxylic acids is 1. The monoisotopic (exact) mass is 288 g/mol. The Labute approximate surface area is 123 Å². The predicted octanol–water partition coefficient (Wildman–Crippen LogP) is 2.53. The first kappa shape index (κ1) is 14.6. The molecule has 0 unspecified atom stereocenters. The molecule has 104 valence electrons. The lowest BCUT2D eigenvalue weighted by molar-refractivity contribution is -0.122. The number of benzene rings is 2. The van der Waals surface area contributed by atoms with Crippen LogP contribution in [0, 0.1) is 0 Å². The third kappa shape index (κ3) is 4.37. The van der Waals surface area contributed by atoms with Crippen LogP contribution in [0.4, 0.5) is 0 Å². The molecule has 0 fully saturated rings. The molecule has 1 amide bonds. The molecule has 0 saturated carbocycles. The van der Waals surface area contributed by atoms with Crippen LogP contribution in [0.1, 0.15) is 11.1 Å². The first-order chi connectivity index (χ1) is 9.65. The van der Waals surface area contributed by atoms with E-state index in [0.717, 1.165) is 11.1 Å². The Hall–Kier alpha value is -1.84. The molecule has 0 aliphatic carbocycles. The molecule has 0 aliphatic rings. The summed E-state index contributed by atoms with van der Waals surface area (Å²) in [7, 11) is 0. The Balaban J connectivity index is 1.85. The molecule has 2 aromatic rings. The third-order valence-corrected chi connectivity index (χ3v) is 3.23. The van der Waals surface area contributed by atoms with E-state index in [9.17, 15) is 4.79 Å². The Bertz CT molecular complexity index is 572. The molecule has 3 N–H and O–H groups in total. The van der Waals surface area contributed by atoms with Gasteiger partial charge in [0.2, 0.25) is 5.91 Å². The van der Waals surface area contributed by atoms with Crippen molar-refractivity contribution in [2.75, 3.05) is 0 Å². The molecule has 3 nitrogen and oxygen atoms in total. The molecular formula is C16H17ClN2O. The van der Waals surface area contributed by atoms with E-state index < -0.39 is 6.04 Å². The molecule has 0 bridgehead atoms. The molecule has 0 spiro atoms. The van der Waals surface area contributed by atoms with Gasteiger partial charge in [-0.25, -0.2) is 0 Å². The smallest absolute Gasteiger partial charge is 0.237 e. The van der Waals surface area contributed by atoms with Gasteiger partial charge in [-0.3, -0.25) is 4.79 Å². The Morgan fingerprint density at radius 1 is 1.10 bits per heavy atom. The second-order valence-corrected chi connectivity index (χ2v) is 5.08. The molecule has 0 aromatic heterocycles. The first-order valence-corrected chi connectivity index (χ1v) is 6.84. The van der Waals surface area contributed by atoms with E-state index in [4.69, 9.17) is 17.3 Å². The van der Waals surface area contributed by atoms with Crippen LogP contribution in [0.25, 0.3) is 0 Å². The van der Waals surface area contributed by atoms with Gasteiger partial charge >= 0.3 is 0 Å². The molecule has 2 rings (SSSR count). The van der Waals surface area contributed by atoms with Gasteiger partial charge in [-0.1, -0.05) is 54.1 Å². The molecule has 0 saturated heterocycles. The van der Waals surface area contributed by atoms with Crippen LogP contribution in [0.5, 0.6) is 0 Å². The van der Waals surface area contributed by atoms with E-state index in [-0.39, 0.29) is 5.91 Å². The Morgan fingerprint density at radius 2 is 1.80 bits per heavy atom. The normalized spacial score (nSPS) is 11.9. The van der Waals surface area contributed by atoms with Crippen molar-refractivity contribution in [3.63, 3.8) is 0 Å². The number of carbonyl (C=O) groups is 1. The van der Waals surface area contributed by atoms with Crippen molar-refractivity contribution in [1.82, 2.24) is 5.32 Å². The maximum absolute atomic E-state index is 11.9. The molecule has 20 heavy (non-hydrogen) atoms. The van der Waals surface area contributed by atoms with Crippen molar-refractivity contribution >= 4 is 17.5 Å². The highest BCUT2D eigenvalue weighted by atomic mass is 35.5. The average molecular weight is 289 g/mol. The largest absolute Gasteiger partial charge is 0.351 e. The number of hydrogen-bond acceptors (Lipinski definition) is 2. The fraction of sp³-hybridized carbons (Fsp3) is 0.188. The number of halogens is 1. The zero-order valence-electron chi connectivity index (χ0n) is 11.1. The maximum atomic E-state index is 11.9. The van der Waals surface area contributed by atoms with Crippen molar-refractivity contribution in [2.45, 2.75) is 19.0 Å². The fourth-order valence-corrected chi connectivity index (χ4v) is 2.14. The summed E-state index contributed by atoms with van der Waals surface area (Å²) >= 11 is 5.89. The summed E-state index contributed by atoms with van der Waals surface area (Å²) in [6.45, 7) is 0.432. The van der Waals surface area contributed by atoms with Crippen molar-refractivity contribution in [3.8, 4) is 0 Å². The topological polar surface area (TPSA) is 55.1 Å². The van der Waals surface area contributed by atoms with Crippen molar-refractivity contribution in [2.24, 2.45) is 5.73 Å². The van der Waals surface area contributed by atoms with Crippen LogP contribution >= 0.6 is 11.6 Å². The molecule has 0 radical (unpaired) electrons. The quantitative estimate of drug-likeness (QED) is 0.888. The minimum absolute atomic E-state index is 0.158. The second kappa shape index (κ2) is 7.08. The van der Waals surface area contributed by atoms with Gasteiger partial charge in [-0.2, -0.15) is 0 Å². The lowest BCUT2D eigenvalue weighted by Crippen LogP contribution is -2.41. The highest BCUT2D eigenvalue weighted by molar-refractivity contribution is 6.30. The van der Waals surface area contributed by atoms with Crippen LogP contribution in [0.3, 0.4) is 0 Å². The van der Waals surface area contributed by atoms with Gasteiger partial charge in [-0.15, -0.1) is 0 Å². The second-order valence-electron chi connectivity index (χ2n) is 4.64. The summed E-state index contributed by atoms with van der Waals surface area (Å²) in [6, 6.07) is 16.6. The van der Waals surface area contributed by atoms with Crippen LogP contribution in [-0.2, 0) is 17.8 Å². The van der Waals surface area contributed by atoms with Gasteiger partial charge in [-0.05, 0) is 29.7 Å². The number of hydrogen-bond donors (Lipinski definition) is 2. The number of nitrogens with two attached hydrogens (primary N) is 1. The molecule has 0 aliphatic heterocycles. The summed E-state index contributed by atoms with van der Waals surface area (Å²) in [6.07, 6.45) is 0.530. The minimum atomic E-state index is -0.545. The van der Waals surface area contributed by atoms with Crippen LogP contribution in [0.2, 0.25) is 5.02 Å². The van der Waals surface area contributed by atoms with Gasteiger partial charge in [0.15, 0.2) is 0 Å². The van der Waals surface area contributed by atoms with Crippen LogP contribution < -0.4 is 11.1 Å². The standard InChI is InChI=1S/C16H17ClN2O/c17-14-8-4-7-13(9-14)11-19-16(20)15(18)10-12-5-2-1-3-6-12/h1-9,15H,10-11,18H2,(H,19,20)/t15-/m1/s1.